The van der Waals surface area contributed by atoms with Crippen molar-refractivity contribution < 1.29 is 27.6 Å². The number of nitrogens with zero attached hydrogens (tertiary/aromatic N) is 5. The predicted molar refractivity (Wildman–Crippen MR) is 214 cm³/mol. The molecule has 0 spiro atoms. The largest absolute Gasteiger partial charge is 0.339 e. The molecule has 2 unspecified atom stereocenters. The highest BCUT2D eigenvalue weighted by Crippen LogP contribution is 2.46. The van der Waals surface area contributed by atoms with Gasteiger partial charge in [0, 0.05) is 55.2 Å². The molecular weight excluding hydrogens is 749 g/mol. The summed E-state index contributed by atoms with van der Waals surface area (Å²) in [6.07, 6.45) is 11.2. The van der Waals surface area contributed by atoms with Gasteiger partial charge in [-0.25, -0.2) is 17.9 Å². The van der Waals surface area contributed by atoms with Gasteiger partial charge in [0.15, 0.2) is 0 Å². The Balaban J connectivity index is 1.30. The van der Waals surface area contributed by atoms with Crippen molar-refractivity contribution in [2.24, 2.45) is 11.3 Å². The molecule has 2 aromatic heterocycles. The number of hydrogen-bond acceptors (Lipinski definition) is 9. The number of benzene rings is 1. The number of urea groups is 1. The normalized spacial score (nSPS) is 26.3. The number of fused-ring (bicyclic) bond motifs is 6. The summed E-state index contributed by atoms with van der Waals surface area (Å²) in [6, 6.07) is 5.98. The van der Waals surface area contributed by atoms with E-state index in [0.29, 0.717) is 49.8 Å². The van der Waals surface area contributed by atoms with E-state index >= 15 is 0 Å². The molecule has 0 radical (unpaired) electrons. The van der Waals surface area contributed by atoms with Crippen molar-refractivity contribution in [1.29, 1.82) is 0 Å². The average molecular weight is 799 g/mol. The number of rotatable bonds is 7. The van der Waals surface area contributed by atoms with Gasteiger partial charge in [-0.2, -0.15) is 5.10 Å². The van der Waals surface area contributed by atoms with Crippen LogP contribution in [0.2, 0.25) is 0 Å². The first kappa shape index (κ1) is 39.8. The van der Waals surface area contributed by atoms with Crippen LogP contribution in [0.4, 0.5) is 4.79 Å². The van der Waals surface area contributed by atoms with Crippen LogP contribution in [-0.2, 0) is 30.8 Å². The van der Waals surface area contributed by atoms with Crippen LogP contribution in [0.3, 0.4) is 0 Å². The van der Waals surface area contributed by atoms with E-state index in [4.69, 9.17) is 0 Å². The Morgan fingerprint density at radius 2 is 1.81 bits per heavy atom. The van der Waals surface area contributed by atoms with Crippen LogP contribution in [0, 0.1) is 11.3 Å². The lowest BCUT2D eigenvalue weighted by Gasteiger charge is -2.36. The van der Waals surface area contributed by atoms with E-state index < -0.39 is 74.0 Å². The minimum Gasteiger partial charge on any atom is -0.339 e. The summed E-state index contributed by atoms with van der Waals surface area (Å²) in [4.78, 5) is 78.4. The number of carbonyl (C=O) groups is 4. The van der Waals surface area contributed by atoms with Crippen molar-refractivity contribution in [3.05, 3.63) is 83.4 Å². The van der Waals surface area contributed by atoms with Gasteiger partial charge in [0.25, 0.3) is 11.5 Å². The molecule has 4 aliphatic rings. The number of aromatic nitrogens is 3. The van der Waals surface area contributed by atoms with E-state index in [2.05, 4.69) is 32.0 Å². The SMILES string of the molecule is C=C[C@@H]1CC1(NC(=O)[C@@H]1CC2CN1C(=O)[C@H](C(C)(C)C)NC(=O)N(C)CC/C=C/CCc1c(-c3cccc4ncccc34)cnn2c1=O)C(=O)NS(=O)(=O)C1CC1. The molecule has 1 aromatic carbocycles. The number of hydrogen-bond donors (Lipinski definition) is 3. The van der Waals surface area contributed by atoms with Crippen molar-refractivity contribution >= 4 is 44.7 Å². The lowest BCUT2D eigenvalue weighted by atomic mass is 9.85. The molecule has 2 aliphatic carbocycles. The second-order valence-corrected chi connectivity index (χ2v) is 18.7. The molecule has 15 nitrogen and oxygen atoms in total. The summed E-state index contributed by atoms with van der Waals surface area (Å²) in [6.45, 7) is 9.48. The molecule has 3 aromatic rings. The second-order valence-electron chi connectivity index (χ2n) is 16.7. The molecule has 57 heavy (non-hydrogen) atoms. The number of sulfonamides is 1. The topological polar surface area (TPSA) is 193 Å². The van der Waals surface area contributed by atoms with Crippen molar-refractivity contribution in [2.75, 3.05) is 20.1 Å². The highest BCUT2D eigenvalue weighted by Gasteiger charge is 2.62. The quantitative estimate of drug-likeness (QED) is 0.301. The van der Waals surface area contributed by atoms with Gasteiger partial charge in [-0.3, -0.25) is 28.9 Å². The summed E-state index contributed by atoms with van der Waals surface area (Å²) in [5.41, 5.74) is -0.0256. The smallest absolute Gasteiger partial charge is 0.317 e. The fraction of sp³-hybridized carbons (Fsp3) is 0.488. The molecule has 4 bridgehead atoms. The zero-order valence-corrected chi connectivity index (χ0v) is 33.5. The lowest BCUT2D eigenvalue weighted by molar-refractivity contribution is -0.142. The van der Waals surface area contributed by atoms with Crippen LogP contribution in [0.1, 0.15) is 70.9 Å². The monoisotopic (exact) mass is 798 g/mol. The van der Waals surface area contributed by atoms with Crippen LogP contribution >= 0.6 is 0 Å². The van der Waals surface area contributed by atoms with Crippen molar-refractivity contribution in [3.8, 4) is 11.1 Å². The summed E-state index contributed by atoms with van der Waals surface area (Å²) >= 11 is 0. The molecule has 16 heteroatoms. The molecule has 3 N–H and O–H groups in total. The number of nitrogens with one attached hydrogen (secondary N) is 3. The number of carbonyl (C=O) groups excluding carboxylic acids is 4. The third-order valence-electron chi connectivity index (χ3n) is 11.6. The Morgan fingerprint density at radius 3 is 2.51 bits per heavy atom. The Kier molecular flexibility index (Phi) is 10.6. The van der Waals surface area contributed by atoms with Gasteiger partial charge in [-0.1, -0.05) is 57.2 Å². The minimum atomic E-state index is -3.93. The first-order valence-corrected chi connectivity index (χ1v) is 21.0. The van der Waals surface area contributed by atoms with Crippen LogP contribution in [-0.4, -0.2) is 99.7 Å². The van der Waals surface area contributed by atoms with E-state index in [1.165, 1.54) is 20.6 Å². The fourth-order valence-corrected chi connectivity index (χ4v) is 9.32. The van der Waals surface area contributed by atoms with Crippen LogP contribution < -0.4 is 20.9 Å². The third kappa shape index (κ3) is 7.83. The second kappa shape index (κ2) is 15.2. The minimum absolute atomic E-state index is 0.0388. The maximum absolute atomic E-state index is 14.8. The van der Waals surface area contributed by atoms with Crippen LogP contribution in [0.15, 0.2) is 72.3 Å². The number of allylic oxidation sites excluding steroid dienone is 1. The molecule has 2 aliphatic heterocycles. The highest BCUT2D eigenvalue weighted by atomic mass is 32.2. The Morgan fingerprint density at radius 1 is 1.05 bits per heavy atom. The molecule has 5 atom stereocenters. The summed E-state index contributed by atoms with van der Waals surface area (Å²) in [7, 11) is -2.28. The molecule has 4 heterocycles. The zero-order valence-electron chi connectivity index (χ0n) is 32.7. The van der Waals surface area contributed by atoms with Crippen LogP contribution in [0.5, 0.6) is 0 Å². The highest BCUT2D eigenvalue weighted by molar-refractivity contribution is 7.91. The first-order valence-electron chi connectivity index (χ1n) is 19.5. The van der Waals surface area contributed by atoms with E-state index in [1.54, 1.807) is 19.4 Å². The Hall–Kier alpha value is -5.38. The Labute approximate surface area is 332 Å². The van der Waals surface area contributed by atoms with Gasteiger partial charge in [-0.15, -0.1) is 6.58 Å². The van der Waals surface area contributed by atoms with Gasteiger partial charge in [0.1, 0.15) is 17.6 Å². The summed E-state index contributed by atoms with van der Waals surface area (Å²) < 4.78 is 29.1. The van der Waals surface area contributed by atoms with Gasteiger partial charge >= 0.3 is 6.03 Å². The van der Waals surface area contributed by atoms with Crippen LogP contribution in [0.25, 0.3) is 22.0 Å². The molecule has 7 rings (SSSR count). The molecule has 1 saturated heterocycles. The van der Waals surface area contributed by atoms with Gasteiger partial charge in [-0.05, 0) is 61.6 Å². The van der Waals surface area contributed by atoms with E-state index in [9.17, 15) is 32.4 Å². The molecular formula is C41H50N8O7S. The Bertz CT molecular complexity index is 2330. The van der Waals surface area contributed by atoms with Crippen molar-refractivity contribution in [2.45, 2.75) is 94.6 Å². The number of pyridine rings is 1. The molecule has 2 saturated carbocycles. The van der Waals surface area contributed by atoms with Gasteiger partial charge in [0.2, 0.25) is 21.8 Å². The maximum Gasteiger partial charge on any atom is 0.317 e. The maximum atomic E-state index is 14.8. The number of amides is 5. The summed E-state index contributed by atoms with van der Waals surface area (Å²) in [5, 5.41) is 10.6. The fourth-order valence-electron chi connectivity index (χ4n) is 7.96. The van der Waals surface area contributed by atoms with E-state index in [0.717, 1.165) is 16.5 Å². The summed E-state index contributed by atoms with van der Waals surface area (Å²) in [5.74, 6) is -2.65. The standard InChI is InChI=1S/C41H50N8O7S/c1-6-25-22-41(25,38(53)46-57(55,56)27-17-18-27)45-35(50)33-21-26-24-48(33)37(52)34(40(2,3)4)44-39(54)47(5)20-10-8-7-9-13-30-31(23-43-49(26)36(30)51)28-14-11-16-32-29(28)15-12-19-42-32/h6-8,11-12,14-16,19,23,25-27,33-34H,1,9-10,13,17-18,20-22,24H2,2-5H3,(H,44,54)(H,45,50)(H,46,53)/b8-7+/t25-,26?,33+,34-,41?/m1/s1. The molecule has 3 fully saturated rings. The van der Waals surface area contributed by atoms with E-state index in [1.807, 2.05) is 63.3 Å². The predicted octanol–water partition coefficient (Wildman–Crippen LogP) is 3.22. The van der Waals surface area contributed by atoms with E-state index in [-0.39, 0.29) is 24.9 Å². The van der Waals surface area contributed by atoms with Crippen molar-refractivity contribution in [1.82, 2.24) is 39.9 Å². The van der Waals surface area contributed by atoms with Gasteiger partial charge < -0.3 is 20.4 Å². The lowest BCUT2D eigenvalue weighted by Crippen LogP contribution is -2.61. The third-order valence-corrected chi connectivity index (χ3v) is 13.4. The van der Waals surface area contributed by atoms with Crippen molar-refractivity contribution in [3.63, 3.8) is 0 Å². The van der Waals surface area contributed by atoms with Gasteiger partial charge in [0.05, 0.1) is 23.0 Å². The molecule has 5 amide bonds. The molecule has 302 valence electrons. The zero-order chi connectivity index (χ0) is 40.9. The first-order chi connectivity index (χ1) is 27.1. The average Bonchev–Trinajstić information content (AvgIpc) is 4.10.